The Morgan fingerprint density at radius 2 is 1.94 bits per heavy atom. The summed E-state index contributed by atoms with van der Waals surface area (Å²) in [6.45, 7) is 2.11. The molecule has 16 heavy (non-hydrogen) atoms. The molecule has 1 aromatic heterocycles. The molecule has 4 nitrogen and oxygen atoms in total. The minimum absolute atomic E-state index is 0.363. The molecule has 0 radical (unpaired) electrons. The quantitative estimate of drug-likeness (QED) is 0.768. The molecule has 0 spiro atoms. The van der Waals surface area contributed by atoms with Crippen LogP contribution in [-0.4, -0.2) is 9.66 Å². The van der Waals surface area contributed by atoms with Crippen LogP contribution >= 0.6 is 0 Å². The van der Waals surface area contributed by atoms with E-state index in [1.807, 2.05) is 30.3 Å². The van der Waals surface area contributed by atoms with Gasteiger partial charge >= 0.3 is 0 Å². The van der Waals surface area contributed by atoms with Crippen LogP contribution in [0.15, 0.2) is 30.3 Å². The van der Waals surface area contributed by atoms with E-state index in [1.54, 1.807) is 0 Å². The van der Waals surface area contributed by atoms with Crippen LogP contribution in [0.25, 0.3) is 11.3 Å². The van der Waals surface area contributed by atoms with Crippen LogP contribution in [0.3, 0.4) is 0 Å². The van der Waals surface area contributed by atoms with Crippen molar-refractivity contribution in [2.24, 2.45) is 0 Å². The van der Waals surface area contributed by atoms with Crippen molar-refractivity contribution in [3.05, 3.63) is 36.0 Å². The number of nitrogens with two attached hydrogens (primary N) is 2. The molecular weight excluding hydrogens is 200 g/mol. The number of hydrogen-bond acceptors (Lipinski definition) is 3. The minimum atomic E-state index is 0.363. The van der Waals surface area contributed by atoms with E-state index in [1.165, 1.54) is 4.68 Å². The van der Waals surface area contributed by atoms with Crippen molar-refractivity contribution < 1.29 is 0 Å². The molecule has 0 aliphatic heterocycles. The second-order valence-electron chi connectivity index (χ2n) is 3.75. The minimum Gasteiger partial charge on any atom is -0.368 e. The van der Waals surface area contributed by atoms with Gasteiger partial charge in [-0.1, -0.05) is 43.7 Å². The van der Waals surface area contributed by atoms with E-state index in [-0.39, 0.29) is 0 Å². The highest BCUT2D eigenvalue weighted by Crippen LogP contribution is 2.24. The third-order valence-electron chi connectivity index (χ3n) is 2.57. The molecule has 0 aliphatic carbocycles. The number of rotatable bonds is 3. The van der Waals surface area contributed by atoms with Crippen LogP contribution in [0.1, 0.15) is 19.0 Å². The number of imidazole rings is 1. The fraction of sp³-hybridized carbons (Fsp3) is 0.250. The van der Waals surface area contributed by atoms with Crippen molar-refractivity contribution in [2.75, 3.05) is 11.6 Å². The van der Waals surface area contributed by atoms with Crippen LogP contribution in [-0.2, 0) is 6.42 Å². The second kappa shape index (κ2) is 4.26. The lowest BCUT2D eigenvalue weighted by molar-refractivity contribution is 0.829. The number of benzene rings is 1. The van der Waals surface area contributed by atoms with Crippen molar-refractivity contribution in [1.82, 2.24) is 9.66 Å². The largest absolute Gasteiger partial charge is 0.368 e. The normalized spacial score (nSPS) is 10.6. The number of anilines is 1. The standard InChI is InChI=1S/C12H16N4/c1-2-6-10-11(15-12(13)16(10)14)9-7-4-3-5-8-9/h3-5,7-8H,2,6,14H2,1H3,(H2,13,15). The molecule has 0 saturated carbocycles. The van der Waals surface area contributed by atoms with E-state index in [9.17, 15) is 0 Å². The Balaban J connectivity index is 2.52. The van der Waals surface area contributed by atoms with Crippen LogP contribution in [0.4, 0.5) is 5.95 Å². The van der Waals surface area contributed by atoms with Gasteiger partial charge in [0.05, 0.1) is 11.4 Å². The summed E-state index contributed by atoms with van der Waals surface area (Å²) in [7, 11) is 0. The maximum absolute atomic E-state index is 5.86. The molecule has 1 aromatic carbocycles. The molecule has 1 heterocycles. The number of nitrogens with zero attached hydrogens (tertiary/aromatic N) is 2. The maximum atomic E-state index is 5.86. The van der Waals surface area contributed by atoms with Gasteiger partial charge in [0.2, 0.25) is 5.95 Å². The van der Waals surface area contributed by atoms with Gasteiger partial charge in [0, 0.05) is 5.56 Å². The zero-order chi connectivity index (χ0) is 11.5. The van der Waals surface area contributed by atoms with Gasteiger partial charge in [-0.2, -0.15) is 0 Å². The van der Waals surface area contributed by atoms with Crippen molar-refractivity contribution >= 4 is 5.95 Å². The fourth-order valence-corrected chi connectivity index (χ4v) is 1.79. The summed E-state index contributed by atoms with van der Waals surface area (Å²) >= 11 is 0. The molecule has 0 saturated heterocycles. The van der Waals surface area contributed by atoms with Crippen LogP contribution < -0.4 is 11.6 Å². The van der Waals surface area contributed by atoms with Crippen LogP contribution in [0.2, 0.25) is 0 Å². The first kappa shape index (κ1) is 10.5. The van der Waals surface area contributed by atoms with Crippen molar-refractivity contribution in [3.8, 4) is 11.3 Å². The van der Waals surface area contributed by atoms with E-state index in [4.69, 9.17) is 11.6 Å². The third kappa shape index (κ3) is 1.74. The zero-order valence-corrected chi connectivity index (χ0v) is 9.35. The molecule has 4 N–H and O–H groups in total. The first-order valence-electron chi connectivity index (χ1n) is 5.41. The Labute approximate surface area is 94.9 Å². The van der Waals surface area contributed by atoms with E-state index >= 15 is 0 Å². The summed E-state index contributed by atoms with van der Waals surface area (Å²) in [5.41, 5.74) is 8.68. The summed E-state index contributed by atoms with van der Waals surface area (Å²) in [5.74, 6) is 6.22. The number of nitrogen functional groups attached to an aromatic ring is 2. The zero-order valence-electron chi connectivity index (χ0n) is 9.35. The number of aromatic nitrogens is 2. The molecule has 0 fully saturated rings. The Morgan fingerprint density at radius 3 is 2.56 bits per heavy atom. The van der Waals surface area contributed by atoms with Gasteiger partial charge in [0.1, 0.15) is 0 Å². The molecule has 0 aliphatic rings. The van der Waals surface area contributed by atoms with Gasteiger partial charge in [-0.05, 0) is 6.42 Å². The summed E-state index contributed by atoms with van der Waals surface area (Å²) in [4.78, 5) is 4.31. The molecule has 0 bridgehead atoms. The van der Waals surface area contributed by atoms with Crippen molar-refractivity contribution in [3.63, 3.8) is 0 Å². The molecule has 2 rings (SSSR count). The van der Waals surface area contributed by atoms with Crippen molar-refractivity contribution in [1.29, 1.82) is 0 Å². The summed E-state index contributed by atoms with van der Waals surface area (Å²) in [6, 6.07) is 9.97. The van der Waals surface area contributed by atoms with Crippen molar-refractivity contribution in [2.45, 2.75) is 19.8 Å². The molecule has 84 valence electrons. The highest BCUT2D eigenvalue weighted by atomic mass is 15.4. The number of hydrogen-bond donors (Lipinski definition) is 2. The maximum Gasteiger partial charge on any atom is 0.219 e. The first-order chi connectivity index (χ1) is 7.74. The van der Waals surface area contributed by atoms with Gasteiger partial charge < -0.3 is 11.6 Å². The monoisotopic (exact) mass is 216 g/mol. The van der Waals surface area contributed by atoms with Gasteiger partial charge in [-0.15, -0.1) is 0 Å². The van der Waals surface area contributed by atoms with Gasteiger partial charge in [0.25, 0.3) is 0 Å². The summed E-state index contributed by atoms with van der Waals surface area (Å²) < 4.78 is 1.48. The average Bonchev–Trinajstić information content (AvgIpc) is 2.59. The topological polar surface area (TPSA) is 69.9 Å². The molecule has 0 amide bonds. The third-order valence-corrected chi connectivity index (χ3v) is 2.57. The summed E-state index contributed by atoms with van der Waals surface area (Å²) in [5, 5.41) is 0. The Kier molecular flexibility index (Phi) is 2.81. The Hall–Kier alpha value is -1.97. The van der Waals surface area contributed by atoms with Gasteiger partial charge in [-0.25, -0.2) is 9.66 Å². The van der Waals surface area contributed by atoms with E-state index in [0.29, 0.717) is 5.95 Å². The van der Waals surface area contributed by atoms with E-state index in [2.05, 4.69) is 11.9 Å². The van der Waals surface area contributed by atoms with Crippen LogP contribution in [0.5, 0.6) is 0 Å². The van der Waals surface area contributed by atoms with Crippen LogP contribution in [0, 0.1) is 0 Å². The Morgan fingerprint density at radius 1 is 1.25 bits per heavy atom. The summed E-state index contributed by atoms with van der Waals surface area (Å²) in [6.07, 6.45) is 1.90. The lowest BCUT2D eigenvalue weighted by Gasteiger charge is -2.04. The Bertz CT molecular complexity index is 473. The lowest BCUT2D eigenvalue weighted by atomic mass is 10.1. The average molecular weight is 216 g/mol. The highest BCUT2D eigenvalue weighted by Gasteiger charge is 2.13. The molecular formula is C12H16N4. The van der Waals surface area contributed by atoms with Gasteiger partial charge in [0.15, 0.2) is 0 Å². The molecule has 0 unspecified atom stereocenters. The molecule has 4 heteroatoms. The second-order valence-corrected chi connectivity index (χ2v) is 3.75. The fourth-order valence-electron chi connectivity index (χ4n) is 1.79. The first-order valence-corrected chi connectivity index (χ1v) is 5.41. The predicted molar refractivity (Wildman–Crippen MR) is 66.2 cm³/mol. The molecule has 2 aromatic rings. The van der Waals surface area contributed by atoms with Gasteiger partial charge in [-0.3, -0.25) is 0 Å². The smallest absolute Gasteiger partial charge is 0.219 e. The van der Waals surface area contributed by atoms with E-state index in [0.717, 1.165) is 29.8 Å². The SMILES string of the molecule is CCCc1c(-c2ccccc2)nc(N)n1N. The predicted octanol–water partition coefficient (Wildman–Crippen LogP) is 1.80. The molecule has 0 atom stereocenters. The van der Waals surface area contributed by atoms with E-state index < -0.39 is 0 Å². The highest BCUT2D eigenvalue weighted by molar-refractivity contribution is 5.64. The lowest BCUT2D eigenvalue weighted by Crippen LogP contribution is -2.15.